The van der Waals surface area contributed by atoms with E-state index in [0.717, 1.165) is 0 Å². The number of ether oxygens (including phenoxy) is 1. The second kappa shape index (κ2) is 8.37. The van der Waals surface area contributed by atoms with Crippen molar-refractivity contribution in [2.24, 2.45) is 0 Å². The highest BCUT2D eigenvalue weighted by Crippen LogP contribution is 2.41. The Bertz CT molecular complexity index is 976. The van der Waals surface area contributed by atoms with E-state index >= 15 is 0 Å². The second-order valence-corrected chi connectivity index (χ2v) is 9.76. The van der Waals surface area contributed by atoms with Gasteiger partial charge in [-0.3, -0.25) is 4.79 Å². The van der Waals surface area contributed by atoms with Crippen LogP contribution in [0.4, 0.5) is 5.69 Å². The normalized spacial score (nSPS) is 15.8. The largest absolute Gasteiger partial charge is 0.459 e. The summed E-state index contributed by atoms with van der Waals surface area (Å²) in [5, 5.41) is 2.74. The third-order valence-electron chi connectivity index (χ3n) is 5.11. The van der Waals surface area contributed by atoms with Gasteiger partial charge in [-0.05, 0) is 63.1 Å². The van der Waals surface area contributed by atoms with E-state index in [4.69, 9.17) is 4.74 Å². The van der Waals surface area contributed by atoms with Gasteiger partial charge in [-0.15, -0.1) is 0 Å². The van der Waals surface area contributed by atoms with E-state index in [1.807, 2.05) is 0 Å². The van der Waals surface area contributed by atoms with Crippen LogP contribution in [0.25, 0.3) is 0 Å². The summed E-state index contributed by atoms with van der Waals surface area (Å²) < 4.78 is 30.3. The van der Waals surface area contributed by atoms with E-state index in [1.165, 1.54) is 12.1 Å². The second-order valence-electron chi connectivity index (χ2n) is 7.50. The van der Waals surface area contributed by atoms with Crippen LogP contribution in [0.1, 0.15) is 49.9 Å². The molecule has 0 radical (unpaired) electrons. The van der Waals surface area contributed by atoms with Gasteiger partial charge in [0.2, 0.25) is 5.91 Å². The van der Waals surface area contributed by atoms with Crippen molar-refractivity contribution in [2.75, 3.05) is 5.32 Å². The summed E-state index contributed by atoms with van der Waals surface area (Å²) in [6, 6.07) is 14.4. The number of sulfone groups is 1. The van der Waals surface area contributed by atoms with E-state index in [0.29, 0.717) is 24.1 Å². The number of benzene rings is 2. The number of carbonyl (C=O) groups is 2. The number of hydrogen-bond acceptors (Lipinski definition) is 5. The van der Waals surface area contributed by atoms with Crippen molar-refractivity contribution in [3.63, 3.8) is 0 Å². The maximum atomic E-state index is 13.3. The van der Waals surface area contributed by atoms with Crippen molar-refractivity contribution in [1.82, 2.24) is 0 Å². The summed E-state index contributed by atoms with van der Waals surface area (Å²) in [5.74, 6) is -0.979. The van der Waals surface area contributed by atoms with Crippen LogP contribution in [0.5, 0.6) is 0 Å². The third kappa shape index (κ3) is 4.19. The highest BCUT2D eigenvalue weighted by Gasteiger charge is 2.52. The van der Waals surface area contributed by atoms with Crippen LogP contribution in [-0.4, -0.2) is 31.1 Å². The fraction of sp³-hybridized carbons (Fsp3) is 0.364. The van der Waals surface area contributed by atoms with Crippen LogP contribution in [0, 0.1) is 0 Å². The average Bonchev–Trinajstić information content (AvgIpc) is 3.20. The summed E-state index contributed by atoms with van der Waals surface area (Å²) in [4.78, 5) is 25.2. The fourth-order valence-electron chi connectivity index (χ4n) is 3.61. The van der Waals surface area contributed by atoms with Gasteiger partial charge < -0.3 is 10.1 Å². The van der Waals surface area contributed by atoms with E-state index < -0.39 is 26.5 Å². The van der Waals surface area contributed by atoms with E-state index in [-0.39, 0.29) is 23.8 Å². The first kappa shape index (κ1) is 21.0. The molecule has 29 heavy (non-hydrogen) atoms. The molecule has 1 aliphatic rings. The molecule has 3 rings (SSSR count). The van der Waals surface area contributed by atoms with E-state index in [2.05, 4.69) is 5.32 Å². The van der Waals surface area contributed by atoms with Gasteiger partial charge in [0.15, 0.2) is 14.6 Å². The van der Waals surface area contributed by atoms with Crippen LogP contribution in [0.3, 0.4) is 0 Å². The lowest BCUT2D eigenvalue weighted by Gasteiger charge is -2.27. The molecule has 0 saturated heterocycles. The number of amides is 1. The highest BCUT2D eigenvalue weighted by molar-refractivity contribution is 7.93. The van der Waals surface area contributed by atoms with Gasteiger partial charge >= 0.3 is 5.97 Å². The van der Waals surface area contributed by atoms with Gasteiger partial charge in [0.1, 0.15) is 0 Å². The van der Waals surface area contributed by atoms with Crippen molar-refractivity contribution in [1.29, 1.82) is 0 Å². The average molecular weight is 416 g/mol. The zero-order chi connectivity index (χ0) is 21.1. The van der Waals surface area contributed by atoms with Gasteiger partial charge in [0.05, 0.1) is 16.6 Å². The summed E-state index contributed by atoms with van der Waals surface area (Å²) in [6.07, 6.45) is 1.70. The standard InChI is InChI=1S/C22H25NO5S/c1-16(2)28-20(24)17-10-12-18(13-11-17)23-21(25)22(14-6-7-15-22)29(26,27)19-8-4-3-5-9-19/h3-5,8-13,16H,6-7,14-15H2,1-2H3,(H,23,25). The molecule has 0 unspecified atom stereocenters. The van der Waals surface area contributed by atoms with E-state index in [1.54, 1.807) is 56.3 Å². The van der Waals surface area contributed by atoms with Gasteiger partial charge in [-0.2, -0.15) is 0 Å². The lowest BCUT2D eigenvalue weighted by Crippen LogP contribution is -2.47. The molecule has 0 atom stereocenters. The van der Waals surface area contributed by atoms with Gasteiger partial charge in [0.25, 0.3) is 0 Å². The Labute approximate surface area is 171 Å². The Kier molecular flexibility index (Phi) is 6.07. The first-order chi connectivity index (χ1) is 13.8. The molecule has 2 aromatic rings. The Morgan fingerprint density at radius 3 is 2.10 bits per heavy atom. The Morgan fingerprint density at radius 2 is 1.55 bits per heavy atom. The van der Waals surface area contributed by atoms with Gasteiger partial charge in [-0.1, -0.05) is 31.0 Å². The predicted octanol–water partition coefficient (Wildman–Crippen LogP) is 3.98. The minimum atomic E-state index is -3.84. The maximum Gasteiger partial charge on any atom is 0.338 e. The van der Waals surface area contributed by atoms with Gasteiger partial charge in [-0.25, -0.2) is 13.2 Å². The summed E-state index contributed by atoms with van der Waals surface area (Å²) in [6.45, 7) is 3.53. The van der Waals surface area contributed by atoms with Crippen LogP contribution < -0.4 is 5.32 Å². The number of hydrogen-bond donors (Lipinski definition) is 1. The Hall–Kier alpha value is -2.67. The molecule has 1 saturated carbocycles. The smallest absolute Gasteiger partial charge is 0.338 e. The molecular formula is C22H25NO5S. The number of esters is 1. The monoisotopic (exact) mass is 415 g/mol. The molecule has 2 aromatic carbocycles. The number of nitrogens with one attached hydrogen (secondary N) is 1. The molecule has 0 bridgehead atoms. The van der Waals surface area contributed by atoms with Crippen molar-refractivity contribution < 1.29 is 22.7 Å². The van der Waals surface area contributed by atoms with Crippen molar-refractivity contribution in [3.8, 4) is 0 Å². The molecule has 0 aromatic heterocycles. The Morgan fingerprint density at radius 1 is 0.966 bits per heavy atom. The molecule has 1 aliphatic carbocycles. The summed E-state index contributed by atoms with van der Waals surface area (Å²) in [7, 11) is -3.84. The summed E-state index contributed by atoms with van der Waals surface area (Å²) >= 11 is 0. The lowest BCUT2D eigenvalue weighted by atomic mass is 10.1. The van der Waals surface area contributed by atoms with Crippen molar-refractivity contribution in [2.45, 2.75) is 55.3 Å². The summed E-state index contributed by atoms with van der Waals surface area (Å²) in [5.41, 5.74) is 0.801. The maximum absolute atomic E-state index is 13.3. The minimum absolute atomic E-state index is 0.156. The molecule has 154 valence electrons. The predicted molar refractivity (Wildman–Crippen MR) is 110 cm³/mol. The third-order valence-corrected chi connectivity index (χ3v) is 7.63. The van der Waals surface area contributed by atoms with Crippen molar-refractivity contribution >= 4 is 27.4 Å². The fourth-order valence-corrected chi connectivity index (χ4v) is 5.69. The number of rotatable bonds is 6. The molecule has 1 amide bonds. The van der Waals surface area contributed by atoms with Gasteiger partial charge in [0, 0.05) is 5.69 Å². The Balaban J connectivity index is 1.83. The zero-order valence-electron chi connectivity index (χ0n) is 16.6. The molecule has 1 N–H and O–H groups in total. The highest BCUT2D eigenvalue weighted by atomic mass is 32.2. The first-order valence-corrected chi connectivity index (χ1v) is 11.2. The molecule has 0 heterocycles. The van der Waals surface area contributed by atoms with Crippen LogP contribution in [0.15, 0.2) is 59.5 Å². The first-order valence-electron chi connectivity index (χ1n) is 9.68. The molecule has 1 fully saturated rings. The SMILES string of the molecule is CC(C)OC(=O)c1ccc(NC(=O)C2(S(=O)(=O)c3ccccc3)CCCC2)cc1. The molecule has 0 spiro atoms. The molecule has 0 aliphatic heterocycles. The molecular weight excluding hydrogens is 390 g/mol. The minimum Gasteiger partial charge on any atom is -0.459 e. The van der Waals surface area contributed by atoms with Crippen LogP contribution >= 0.6 is 0 Å². The van der Waals surface area contributed by atoms with Crippen molar-refractivity contribution in [3.05, 3.63) is 60.2 Å². The number of carbonyl (C=O) groups excluding carboxylic acids is 2. The van der Waals surface area contributed by atoms with Crippen LogP contribution in [-0.2, 0) is 19.4 Å². The molecule has 7 heteroatoms. The molecule has 6 nitrogen and oxygen atoms in total. The lowest BCUT2D eigenvalue weighted by molar-refractivity contribution is -0.118. The quantitative estimate of drug-likeness (QED) is 0.721. The van der Waals surface area contributed by atoms with E-state index in [9.17, 15) is 18.0 Å². The van der Waals surface area contributed by atoms with Crippen LogP contribution in [0.2, 0.25) is 0 Å². The zero-order valence-corrected chi connectivity index (χ0v) is 17.4. The number of anilines is 1. The topological polar surface area (TPSA) is 89.5 Å².